The van der Waals surface area contributed by atoms with E-state index in [9.17, 15) is 4.79 Å². The van der Waals surface area contributed by atoms with Crippen LogP contribution in [0.3, 0.4) is 0 Å². The van der Waals surface area contributed by atoms with Gasteiger partial charge in [0.25, 0.3) is 0 Å². The third kappa shape index (κ3) is 5.42. The van der Waals surface area contributed by atoms with Crippen molar-refractivity contribution in [2.24, 2.45) is 0 Å². The summed E-state index contributed by atoms with van der Waals surface area (Å²) in [7, 11) is 0. The van der Waals surface area contributed by atoms with Crippen molar-refractivity contribution in [3.05, 3.63) is 41.6 Å². The van der Waals surface area contributed by atoms with E-state index in [-0.39, 0.29) is 6.03 Å². The van der Waals surface area contributed by atoms with Gasteiger partial charge < -0.3 is 21.3 Å². The standard InChI is InChI=1S/C17H24N6O/c1-4-18-16-21-13(3)11-15(23-16)19-9-10-20-17(24)22-14-8-6-5-7-12(14)2/h5-8,11H,4,9-10H2,1-3H3,(H2,20,22,24)(H2,18,19,21,23). The molecule has 0 saturated heterocycles. The van der Waals surface area contributed by atoms with Gasteiger partial charge >= 0.3 is 6.03 Å². The number of aromatic nitrogens is 2. The summed E-state index contributed by atoms with van der Waals surface area (Å²) in [6.07, 6.45) is 0. The van der Waals surface area contributed by atoms with E-state index in [0.29, 0.717) is 19.0 Å². The number of carbonyl (C=O) groups is 1. The molecule has 7 nitrogen and oxygen atoms in total. The normalized spacial score (nSPS) is 10.1. The van der Waals surface area contributed by atoms with Crippen molar-refractivity contribution in [1.29, 1.82) is 0 Å². The summed E-state index contributed by atoms with van der Waals surface area (Å²) in [6.45, 7) is 7.69. The Morgan fingerprint density at radius 2 is 1.88 bits per heavy atom. The van der Waals surface area contributed by atoms with Crippen LogP contribution in [-0.4, -0.2) is 35.6 Å². The van der Waals surface area contributed by atoms with Crippen LogP contribution in [0.4, 0.5) is 22.2 Å². The number of nitrogens with zero attached hydrogens (tertiary/aromatic N) is 2. The van der Waals surface area contributed by atoms with Gasteiger partial charge in [-0.3, -0.25) is 0 Å². The van der Waals surface area contributed by atoms with Crippen LogP contribution in [-0.2, 0) is 0 Å². The van der Waals surface area contributed by atoms with Crippen molar-refractivity contribution in [2.75, 3.05) is 35.6 Å². The van der Waals surface area contributed by atoms with E-state index in [1.165, 1.54) is 0 Å². The predicted octanol–water partition coefficient (Wildman–Crippen LogP) is 2.76. The number of hydrogen-bond donors (Lipinski definition) is 4. The molecule has 2 aromatic rings. The first kappa shape index (κ1) is 17.5. The Kier molecular flexibility index (Phi) is 6.36. The minimum Gasteiger partial charge on any atom is -0.368 e. The van der Waals surface area contributed by atoms with E-state index in [4.69, 9.17) is 0 Å². The number of hydrogen-bond acceptors (Lipinski definition) is 5. The molecule has 1 aromatic carbocycles. The van der Waals surface area contributed by atoms with Gasteiger partial charge in [-0.15, -0.1) is 0 Å². The fourth-order valence-corrected chi connectivity index (χ4v) is 2.14. The highest BCUT2D eigenvalue weighted by Gasteiger charge is 2.04. The molecule has 2 amide bonds. The van der Waals surface area contributed by atoms with Gasteiger partial charge in [-0.05, 0) is 32.4 Å². The van der Waals surface area contributed by atoms with Gasteiger partial charge in [-0.2, -0.15) is 4.98 Å². The van der Waals surface area contributed by atoms with Crippen LogP contribution in [0.5, 0.6) is 0 Å². The van der Waals surface area contributed by atoms with Gasteiger partial charge in [0, 0.05) is 37.1 Å². The summed E-state index contributed by atoms with van der Waals surface area (Å²) in [6, 6.07) is 9.31. The average molecular weight is 328 g/mol. The highest BCUT2D eigenvalue weighted by molar-refractivity contribution is 5.90. The molecular formula is C17H24N6O. The number of para-hydroxylation sites is 1. The molecule has 0 saturated carbocycles. The molecule has 128 valence electrons. The molecular weight excluding hydrogens is 304 g/mol. The Bertz CT molecular complexity index is 689. The Morgan fingerprint density at radius 1 is 1.08 bits per heavy atom. The minimum absolute atomic E-state index is 0.224. The molecule has 0 radical (unpaired) electrons. The Balaban J connectivity index is 1.76. The summed E-state index contributed by atoms with van der Waals surface area (Å²) < 4.78 is 0. The summed E-state index contributed by atoms with van der Waals surface area (Å²) in [5.41, 5.74) is 2.72. The lowest BCUT2D eigenvalue weighted by molar-refractivity contribution is 0.252. The summed E-state index contributed by atoms with van der Waals surface area (Å²) in [5.74, 6) is 1.34. The number of benzene rings is 1. The van der Waals surface area contributed by atoms with Gasteiger partial charge in [0.1, 0.15) is 5.82 Å². The molecule has 7 heteroatoms. The number of rotatable bonds is 7. The van der Waals surface area contributed by atoms with Crippen molar-refractivity contribution >= 4 is 23.5 Å². The second-order valence-electron chi connectivity index (χ2n) is 5.37. The van der Waals surface area contributed by atoms with Crippen LogP contribution in [0, 0.1) is 13.8 Å². The lowest BCUT2D eigenvalue weighted by Crippen LogP contribution is -2.33. The van der Waals surface area contributed by atoms with Gasteiger partial charge in [0.15, 0.2) is 0 Å². The fourth-order valence-electron chi connectivity index (χ4n) is 2.14. The Morgan fingerprint density at radius 3 is 2.62 bits per heavy atom. The van der Waals surface area contributed by atoms with Crippen molar-refractivity contribution in [3.63, 3.8) is 0 Å². The van der Waals surface area contributed by atoms with E-state index < -0.39 is 0 Å². The number of urea groups is 1. The zero-order valence-electron chi connectivity index (χ0n) is 14.3. The van der Waals surface area contributed by atoms with Crippen molar-refractivity contribution in [1.82, 2.24) is 15.3 Å². The first-order chi connectivity index (χ1) is 11.6. The van der Waals surface area contributed by atoms with Crippen molar-refractivity contribution in [2.45, 2.75) is 20.8 Å². The van der Waals surface area contributed by atoms with Crippen LogP contribution in [0.15, 0.2) is 30.3 Å². The zero-order chi connectivity index (χ0) is 17.4. The van der Waals surface area contributed by atoms with E-state index in [0.717, 1.165) is 29.3 Å². The molecule has 2 rings (SSSR count). The first-order valence-electron chi connectivity index (χ1n) is 8.02. The minimum atomic E-state index is -0.224. The number of nitrogens with one attached hydrogen (secondary N) is 4. The first-order valence-corrected chi connectivity index (χ1v) is 8.02. The highest BCUT2D eigenvalue weighted by atomic mass is 16.2. The Hall–Kier alpha value is -2.83. The third-order valence-electron chi connectivity index (χ3n) is 3.30. The smallest absolute Gasteiger partial charge is 0.319 e. The SMILES string of the molecule is CCNc1nc(C)cc(NCCNC(=O)Nc2ccccc2C)n1. The van der Waals surface area contributed by atoms with E-state index in [2.05, 4.69) is 31.2 Å². The van der Waals surface area contributed by atoms with Crippen LogP contribution >= 0.6 is 0 Å². The molecule has 0 aliphatic rings. The van der Waals surface area contributed by atoms with Crippen LogP contribution < -0.4 is 21.3 Å². The predicted molar refractivity (Wildman–Crippen MR) is 97.6 cm³/mol. The maximum Gasteiger partial charge on any atom is 0.319 e. The van der Waals surface area contributed by atoms with Crippen molar-refractivity contribution in [3.8, 4) is 0 Å². The summed E-state index contributed by atoms with van der Waals surface area (Å²) >= 11 is 0. The average Bonchev–Trinajstić information content (AvgIpc) is 2.54. The molecule has 0 atom stereocenters. The van der Waals surface area contributed by atoms with Gasteiger partial charge in [-0.25, -0.2) is 9.78 Å². The van der Waals surface area contributed by atoms with Gasteiger partial charge in [0.05, 0.1) is 0 Å². The van der Waals surface area contributed by atoms with E-state index in [1.54, 1.807) is 0 Å². The number of anilines is 3. The topological polar surface area (TPSA) is 91.0 Å². The Labute approximate surface area is 142 Å². The molecule has 0 aliphatic carbocycles. The summed E-state index contributed by atoms with van der Waals surface area (Å²) in [4.78, 5) is 20.5. The third-order valence-corrected chi connectivity index (χ3v) is 3.30. The molecule has 1 heterocycles. The van der Waals surface area contributed by atoms with Crippen LogP contribution in [0.1, 0.15) is 18.2 Å². The molecule has 0 bridgehead atoms. The quantitative estimate of drug-likeness (QED) is 0.587. The second-order valence-corrected chi connectivity index (χ2v) is 5.37. The van der Waals surface area contributed by atoms with Gasteiger partial charge in [-0.1, -0.05) is 18.2 Å². The maximum absolute atomic E-state index is 11.9. The van der Waals surface area contributed by atoms with Crippen LogP contribution in [0.25, 0.3) is 0 Å². The lowest BCUT2D eigenvalue weighted by atomic mass is 10.2. The fraction of sp³-hybridized carbons (Fsp3) is 0.353. The zero-order valence-corrected chi connectivity index (χ0v) is 14.3. The highest BCUT2D eigenvalue weighted by Crippen LogP contribution is 2.12. The largest absolute Gasteiger partial charge is 0.368 e. The van der Waals surface area contributed by atoms with E-state index in [1.807, 2.05) is 51.1 Å². The van der Waals surface area contributed by atoms with Crippen LogP contribution in [0.2, 0.25) is 0 Å². The monoisotopic (exact) mass is 328 g/mol. The molecule has 1 aromatic heterocycles. The lowest BCUT2D eigenvalue weighted by Gasteiger charge is -2.11. The van der Waals surface area contributed by atoms with Crippen molar-refractivity contribution < 1.29 is 4.79 Å². The van der Waals surface area contributed by atoms with E-state index >= 15 is 0 Å². The number of amides is 2. The summed E-state index contributed by atoms with van der Waals surface area (Å²) in [5, 5.41) is 11.9. The second kappa shape index (κ2) is 8.71. The molecule has 0 unspecified atom stereocenters. The molecule has 0 spiro atoms. The molecule has 0 aliphatic heterocycles. The number of carbonyl (C=O) groups excluding carboxylic acids is 1. The van der Waals surface area contributed by atoms with Gasteiger partial charge in [0.2, 0.25) is 5.95 Å². The number of aryl methyl sites for hydroxylation is 2. The molecule has 24 heavy (non-hydrogen) atoms. The molecule has 0 fully saturated rings. The molecule has 4 N–H and O–H groups in total. The maximum atomic E-state index is 11.9.